The molecule has 0 aliphatic rings. The van der Waals surface area contributed by atoms with E-state index in [1.807, 2.05) is 0 Å². The molecule has 0 fully saturated rings. The van der Waals surface area contributed by atoms with Gasteiger partial charge in [-0.05, 0) is 95.3 Å². The Balaban J connectivity index is 0.000000149. The first-order valence-corrected chi connectivity index (χ1v) is 31.0. The smallest absolute Gasteiger partial charge is 2.00 e. The number of hydrogen-bond acceptors (Lipinski definition) is 0. The third-order valence-electron chi connectivity index (χ3n) is 12.2. The monoisotopic (exact) mass is 1170 g/mol. The van der Waals surface area contributed by atoms with Crippen molar-refractivity contribution >= 4 is 95.3 Å². The maximum absolute atomic E-state index is 2.23. The van der Waals surface area contributed by atoms with Gasteiger partial charge < -0.3 is 5.48 Å². The van der Waals surface area contributed by atoms with E-state index in [1.54, 1.807) is 0 Å². The van der Waals surface area contributed by atoms with Crippen molar-refractivity contribution in [1.29, 1.82) is 0 Å². The van der Waals surface area contributed by atoms with E-state index in [2.05, 4.69) is 364 Å². The van der Waals surface area contributed by atoms with Gasteiger partial charge in [0.1, 0.15) is 0 Å². The van der Waals surface area contributed by atoms with Crippen molar-refractivity contribution in [2.45, 2.75) is 0 Å². The van der Waals surface area contributed by atoms with Gasteiger partial charge in [0.05, 0.1) is 0 Å². The SMILES string of the molecule is [O-2].[Pd+2].c1ccc(P(c2ccccc2)c2ccccc2)cc1.c1ccc(P(c2ccccc2)c2ccccc2)cc1.c1ccc(P(c2ccccc2)c2ccccc2)cc1.c1ccc(P(c2ccccc2)c2ccccc2)cc1. The second-order valence-electron chi connectivity index (χ2n) is 17.4. The summed E-state index contributed by atoms with van der Waals surface area (Å²) in [6.07, 6.45) is 0. The van der Waals surface area contributed by atoms with Gasteiger partial charge >= 0.3 is 20.4 Å². The van der Waals surface area contributed by atoms with Crippen LogP contribution in [0.15, 0.2) is 364 Å². The maximum atomic E-state index is 2.23. The van der Waals surface area contributed by atoms with Crippen molar-refractivity contribution in [2.75, 3.05) is 0 Å². The van der Waals surface area contributed by atoms with Gasteiger partial charge in [-0.25, -0.2) is 0 Å². The van der Waals surface area contributed by atoms with Crippen LogP contribution < -0.4 is 63.7 Å². The summed E-state index contributed by atoms with van der Waals surface area (Å²) in [4.78, 5) is 0. The Bertz CT molecular complexity index is 2580. The van der Waals surface area contributed by atoms with Gasteiger partial charge in [-0.1, -0.05) is 364 Å². The van der Waals surface area contributed by atoms with Gasteiger partial charge in [-0.15, -0.1) is 0 Å². The first kappa shape index (κ1) is 58.7. The van der Waals surface area contributed by atoms with Crippen LogP contribution in [0, 0.1) is 0 Å². The molecule has 12 aromatic rings. The molecular weight excluding hydrogens is 1110 g/mol. The molecule has 0 saturated carbocycles. The first-order valence-electron chi connectivity index (χ1n) is 25.6. The van der Waals surface area contributed by atoms with Gasteiger partial charge in [0, 0.05) is 0 Å². The Morgan fingerprint density at radius 3 is 0.244 bits per heavy atom. The average molecular weight is 1170 g/mol. The molecule has 0 unspecified atom stereocenters. The average Bonchev–Trinajstić information content (AvgIpc) is 3.51. The Morgan fingerprint density at radius 1 is 0.115 bits per heavy atom. The maximum Gasteiger partial charge on any atom is 2.00 e. The van der Waals surface area contributed by atoms with Crippen LogP contribution in [0.5, 0.6) is 0 Å². The van der Waals surface area contributed by atoms with E-state index in [1.165, 1.54) is 63.7 Å². The predicted octanol–water partition coefficient (Wildman–Crippen LogP) is 13.7. The van der Waals surface area contributed by atoms with Crippen LogP contribution in [0.4, 0.5) is 0 Å². The molecular formula is C72H60OP4Pd. The van der Waals surface area contributed by atoms with Crippen LogP contribution in [0.1, 0.15) is 0 Å². The number of rotatable bonds is 12. The standard InChI is InChI=1S/4C18H15P.O.Pd/c4*1-4-10-16(11-5-1)19(17-12-6-2-7-13-17)18-14-8-3-9-15-18;;/h4*1-15H;;/q;;;;-2;+2. The molecule has 6 heteroatoms. The quantitative estimate of drug-likeness (QED) is 0.0862. The Kier molecular flexibility index (Phi) is 24.6. The van der Waals surface area contributed by atoms with E-state index >= 15 is 0 Å². The molecule has 1 nitrogen and oxygen atoms in total. The van der Waals surface area contributed by atoms with Crippen molar-refractivity contribution < 1.29 is 25.9 Å². The number of benzene rings is 12. The van der Waals surface area contributed by atoms with Gasteiger partial charge in [0.25, 0.3) is 0 Å². The molecule has 12 rings (SSSR count). The molecule has 0 atom stereocenters. The summed E-state index contributed by atoms with van der Waals surface area (Å²) in [5.41, 5.74) is 0. The van der Waals surface area contributed by atoms with Gasteiger partial charge in [0.2, 0.25) is 0 Å². The molecule has 384 valence electrons. The van der Waals surface area contributed by atoms with Crippen LogP contribution in [0.25, 0.3) is 0 Å². The van der Waals surface area contributed by atoms with Crippen molar-refractivity contribution in [3.63, 3.8) is 0 Å². The van der Waals surface area contributed by atoms with Crippen molar-refractivity contribution in [2.24, 2.45) is 0 Å². The largest absolute Gasteiger partial charge is 2.00 e. The van der Waals surface area contributed by atoms with E-state index in [9.17, 15) is 0 Å². The van der Waals surface area contributed by atoms with Crippen LogP contribution >= 0.6 is 31.7 Å². The number of hydrogen-bond donors (Lipinski definition) is 0. The second-order valence-corrected chi connectivity index (χ2v) is 26.2. The molecule has 0 aromatic heterocycles. The Hall–Kier alpha value is -7.02. The topological polar surface area (TPSA) is 28.5 Å². The van der Waals surface area contributed by atoms with E-state index < -0.39 is 31.7 Å². The first-order chi connectivity index (χ1) is 37.8. The summed E-state index contributed by atoms with van der Waals surface area (Å²) in [6, 6.07) is 129. The van der Waals surface area contributed by atoms with Crippen molar-refractivity contribution in [3.05, 3.63) is 364 Å². The Labute approximate surface area is 481 Å². The molecule has 78 heavy (non-hydrogen) atoms. The summed E-state index contributed by atoms with van der Waals surface area (Å²) >= 11 is 0. The van der Waals surface area contributed by atoms with Gasteiger partial charge in [0.15, 0.2) is 0 Å². The summed E-state index contributed by atoms with van der Waals surface area (Å²) in [6.45, 7) is 0. The fourth-order valence-corrected chi connectivity index (χ4v) is 17.9. The van der Waals surface area contributed by atoms with E-state index in [0.29, 0.717) is 0 Å². The second kappa shape index (κ2) is 32.7. The van der Waals surface area contributed by atoms with Crippen LogP contribution in [-0.4, -0.2) is 0 Å². The fraction of sp³-hybridized carbons (Fsp3) is 0. The minimum Gasteiger partial charge on any atom is -2.00 e. The van der Waals surface area contributed by atoms with Crippen LogP contribution in [0.3, 0.4) is 0 Å². The molecule has 0 aliphatic heterocycles. The van der Waals surface area contributed by atoms with Gasteiger partial charge in [-0.2, -0.15) is 0 Å². The third-order valence-corrected chi connectivity index (χ3v) is 21.9. The molecule has 12 aromatic carbocycles. The molecule has 0 aliphatic carbocycles. The van der Waals surface area contributed by atoms with Crippen LogP contribution in [-0.2, 0) is 25.9 Å². The molecule has 0 N–H and O–H groups in total. The molecule has 0 radical (unpaired) electrons. The molecule has 0 amide bonds. The molecule has 0 heterocycles. The third kappa shape index (κ3) is 17.0. The van der Waals surface area contributed by atoms with Gasteiger partial charge in [-0.3, -0.25) is 0 Å². The molecule has 0 spiro atoms. The zero-order valence-electron chi connectivity index (χ0n) is 43.2. The van der Waals surface area contributed by atoms with E-state index in [-0.39, 0.29) is 25.9 Å². The molecule has 0 saturated heterocycles. The normalized spacial score (nSPS) is 10.3. The Morgan fingerprint density at radius 2 is 0.179 bits per heavy atom. The zero-order valence-corrected chi connectivity index (χ0v) is 48.3. The summed E-state index contributed by atoms with van der Waals surface area (Å²) < 4.78 is 0. The summed E-state index contributed by atoms with van der Waals surface area (Å²) in [7, 11) is -1.78. The predicted molar refractivity (Wildman–Crippen MR) is 341 cm³/mol. The minimum atomic E-state index is -0.446. The summed E-state index contributed by atoms with van der Waals surface area (Å²) in [5.74, 6) is 0. The fourth-order valence-electron chi connectivity index (χ4n) is 8.71. The van der Waals surface area contributed by atoms with Crippen molar-refractivity contribution in [3.8, 4) is 0 Å². The van der Waals surface area contributed by atoms with Crippen LogP contribution in [0.2, 0.25) is 0 Å². The minimum absolute atomic E-state index is 0. The molecule has 0 bridgehead atoms. The zero-order chi connectivity index (χ0) is 51.7. The van der Waals surface area contributed by atoms with E-state index in [0.717, 1.165) is 0 Å². The van der Waals surface area contributed by atoms with E-state index in [4.69, 9.17) is 0 Å². The van der Waals surface area contributed by atoms with Crippen molar-refractivity contribution in [1.82, 2.24) is 0 Å². The summed E-state index contributed by atoms with van der Waals surface area (Å²) in [5, 5.41) is 16.8.